The summed E-state index contributed by atoms with van der Waals surface area (Å²) in [6, 6.07) is 1.42. The molecule has 0 aromatic carbocycles. The smallest absolute Gasteiger partial charge is 0.351 e. The molecule has 0 radical (unpaired) electrons. The Morgan fingerprint density at radius 2 is 1.71 bits per heavy atom. The number of anilines is 1. The van der Waals surface area contributed by atoms with Crippen LogP contribution >= 0.6 is 0 Å². The van der Waals surface area contributed by atoms with Crippen LogP contribution in [0.15, 0.2) is 17.1 Å². The predicted molar refractivity (Wildman–Crippen MR) is 141 cm³/mol. The van der Waals surface area contributed by atoms with E-state index in [1.54, 1.807) is 0 Å². The van der Waals surface area contributed by atoms with Crippen molar-refractivity contribution in [1.82, 2.24) is 9.55 Å². The SMILES string of the molecule is CC(C)(C)[Si](C)(C)OC[C@H]1O[C@@H](n2ccc(N)nc2=O)[C@@](O)([Si](C)(C)C(C)(C)C)[C@@]1(O)CC(N)=O. The van der Waals surface area contributed by atoms with Gasteiger partial charge in [0.1, 0.15) is 30.8 Å². The van der Waals surface area contributed by atoms with E-state index in [4.69, 9.17) is 20.6 Å². The molecule has 2 rings (SSSR count). The topological polar surface area (TPSA) is 163 Å². The Balaban J connectivity index is 2.78. The molecule has 0 spiro atoms. The first-order valence-electron chi connectivity index (χ1n) is 11.9. The standard InChI is InChI=1S/C23H44N4O6Si2/c1-20(2,3)34(7,8)23(31)18(27-12-11-16(24)26-19(27)29)33-15(22(23,30)13-17(25)28)14-32-35(9,10)21(4,5)6/h11-12,15,18,30-31H,13-14H2,1-10H3,(H2,25,28)(H2,24,26,29)/t15-,18-,22-,23-/m1/s1. The number of ether oxygens (including phenoxy) is 1. The maximum atomic E-state index is 12.9. The zero-order valence-corrected chi connectivity index (χ0v) is 24.8. The molecule has 0 saturated carbocycles. The molecule has 35 heavy (non-hydrogen) atoms. The van der Waals surface area contributed by atoms with E-state index in [0.29, 0.717) is 0 Å². The van der Waals surface area contributed by atoms with E-state index in [1.165, 1.54) is 12.3 Å². The van der Waals surface area contributed by atoms with Crippen LogP contribution in [0.4, 0.5) is 5.82 Å². The van der Waals surface area contributed by atoms with E-state index in [0.717, 1.165) is 4.57 Å². The molecule has 0 unspecified atom stereocenters. The zero-order valence-electron chi connectivity index (χ0n) is 22.8. The van der Waals surface area contributed by atoms with Crippen LogP contribution in [0.1, 0.15) is 54.2 Å². The largest absolute Gasteiger partial charge is 0.414 e. The van der Waals surface area contributed by atoms with Gasteiger partial charge in [0.05, 0.1) is 13.0 Å². The number of carbonyl (C=O) groups excluding carboxylic acids is 1. The van der Waals surface area contributed by atoms with E-state index in [9.17, 15) is 19.8 Å². The highest BCUT2D eigenvalue weighted by atomic mass is 28.4. The summed E-state index contributed by atoms with van der Waals surface area (Å²) in [5.74, 6) is -0.778. The summed E-state index contributed by atoms with van der Waals surface area (Å²) in [6.45, 7) is 20.0. The molecular weight excluding hydrogens is 484 g/mol. The minimum absolute atomic E-state index is 0.0188. The van der Waals surface area contributed by atoms with Crippen LogP contribution in [-0.2, 0) is 14.0 Å². The van der Waals surface area contributed by atoms with Crippen molar-refractivity contribution in [2.24, 2.45) is 5.73 Å². The average molecular weight is 529 g/mol. The minimum Gasteiger partial charge on any atom is -0.414 e. The minimum atomic E-state index is -3.02. The van der Waals surface area contributed by atoms with Crippen molar-refractivity contribution in [3.63, 3.8) is 0 Å². The molecule has 1 saturated heterocycles. The second kappa shape index (κ2) is 9.07. The number of carbonyl (C=O) groups is 1. The number of primary amides is 1. The molecular formula is C23H44N4O6Si2. The predicted octanol–water partition coefficient (Wildman–Crippen LogP) is 2.13. The number of rotatable bonds is 7. The fourth-order valence-electron chi connectivity index (χ4n) is 4.31. The Hall–Kier alpha value is -1.58. The lowest BCUT2D eigenvalue weighted by Gasteiger charge is -2.54. The third-order valence-electron chi connectivity index (χ3n) is 8.62. The van der Waals surface area contributed by atoms with Gasteiger partial charge in [-0.2, -0.15) is 4.98 Å². The molecule has 12 heteroatoms. The number of aromatic nitrogens is 2. The van der Waals surface area contributed by atoms with Crippen molar-refractivity contribution in [3.8, 4) is 0 Å². The van der Waals surface area contributed by atoms with Crippen LogP contribution in [0.5, 0.6) is 0 Å². The van der Waals surface area contributed by atoms with Crippen molar-refractivity contribution >= 4 is 28.1 Å². The number of amides is 1. The van der Waals surface area contributed by atoms with Gasteiger partial charge in [-0.1, -0.05) is 54.6 Å². The van der Waals surface area contributed by atoms with E-state index in [2.05, 4.69) is 38.8 Å². The van der Waals surface area contributed by atoms with Gasteiger partial charge in [0, 0.05) is 6.20 Å². The van der Waals surface area contributed by atoms with Gasteiger partial charge in [-0.25, -0.2) is 4.79 Å². The molecule has 1 fully saturated rings. The lowest BCUT2D eigenvalue weighted by molar-refractivity contribution is -0.141. The number of aliphatic hydroxyl groups is 2. The van der Waals surface area contributed by atoms with Crippen molar-refractivity contribution in [2.75, 3.05) is 12.3 Å². The van der Waals surface area contributed by atoms with Crippen LogP contribution in [0.25, 0.3) is 0 Å². The maximum absolute atomic E-state index is 12.9. The second-order valence-corrected chi connectivity index (χ2v) is 23.1. The van der Waals surface area contributed by atoms with Crippen molar-refractivity contribution < 1.29 is 24.2 Å². The van der Waals surface area contributed by atoms with Gasteiger partial charge < -0.3 is 30.8 Å². The van der Waals surface area contributed by atoms with E-state index in [1.807, 2.05) is 33.9 Å². The number of nitrogens with two attached hydrogens (primary N) is 2. The fourth-order valence-corrected chi connectivity index (χ4v) is 8.61. The van der Waals surface area contributed by atoms with E-state index < -0.39 is 62.6 Å². The van der Waals surface area contributed by atoms with Gasteiger partial charge in [-0.15, -0.1) is 0 Å². The quantitative estimate of drug-likeness (QED) is 0.391. The normalized spacial score (nSPS) is 28.3. The Morgan fingerprint density at radius 3 is 2.14 bits per heavy atom. The zero-order chi connectivity index (χ0) is 27.4. The molecule has 2 heterocycles. The molecule has 1 aliphatic heterocycles. The van der Waals surface area contributed by atoms with E-state index >= 15 is 0 Å². The highest BCUT2D eigenvalue weighted by Crippen LogP contribution is 2.58. The average Bonchev–Trinajstić information content (AvgIpc) is 2.86. The van der Waals surface area contributed by atoms with Gasteiger partial charge in [-0.3, -0.25) is 9.36 Å². The van der Waals surface area contributed by atoms with Crippen molar-refractivity contribution in [1.29, 1.82) is 0 Å². The van der Waals surface area contributed by atoms with E-state index in [-0.39, 0.29) is 17.5 Å². The fraction of sp³-hybridized carbons (Fsp3) is 0.783. The molecule has 6 N–H and O–H groups in total. The summed E-state index contributed by atoms with van der Waals surface area (Å²) >= 11 is 0. The Bertz CT molecular complexity index is 1020. The molecule has 1 aromatic heterocycles. The first-order valence-corrected chi connectivity index (χ1v) is 17.8. The number of nitrogen functional groups attached to an aromatic ring is 1. The number of nitrogens with zero attached hydrogens (tertiary/aromatic N) is 2. The first kappa shape index (κ1) is 29.7. The Morgan fingerprint density at radius 1 is 1.17 bits per heavy atom. The highest BCUT2D eigenvalue weighted by molar-refractivity contribution is 6.83. The lowest BCUT2D eigenvalue weighted by atomic mass is 9.87. The van der Waals surface area contributed by atoms with Gasteiger partial charge >= 0.3 is 5.69 Å². The number of hydrogen-bond acceptors (Lipinski definition) is 8. The third-order valence-corrected chi connectivity index (χ3v) is 19.5. The summed E-state index contributed by atoms with van der Waals surface area (Å²) in [4.78, 5) is 28.9. The van der Waals surface area contributed by atoms with Crippen LogP contribution in [0.3, 0.4) is 0 Å². The van der Waals surface area contributed by atoms with Crippen LogP contribution in [0, 0.1) is 0 Å². The molecule has 1 aliphatic rings. The van der Waals surface area contributed by atoms with Crippen molar-refractivity contribution in [3.05, 3.63) is 22.7 Å². The Labute approximate surface area is 210 Å². The third kappa shape index (κ3) is 4.88. The molecule has 0 bridgehead atoms. The summed E-state index contributed by atoms with van der Waals surface area (Å²) < 4.78 is 13.8. The summed E-state index contributed by atoms with van der Waals surface area (Å²) in [5, 5.41) is 22.2. The van der Waals surface area contributed by atoms with Crippen molar-refractivity contribution in [2.45, 2.75) is 107 Å². The molecule has 0 aliphatic carbocycles. The van der Waals surface area contributed by atoms with Crippen LogP contribution in [0.2, 0.25) is 36.3 Å². The summed E-state index contributed by atoms with van der Waals surface area (Å²) in [6.07, 6.45) is -1.64. The Kier molecular flexibility index (Phi) is 7.68. The molecule has 200 valence electrons. The molecule has 4 atom stereocenters. The highest BCUT2D eigenvalue weighted by Gasteiger charge is 2.74. The van der Waals surface area contributed by atoms with Gasteiger partial charge in [0.25, 0.3) is 0 Å². The first-order chi connectivity index (χ1) is 15.5. The van der Waals surface area contributed by atoms with Crippen LogP contribution in [-0.4, -0.2) is 65.6 Å². The van der Waals surface area contributed by atoms with Crippen LogP contribution < -0.4 is 17.2 Å². The number of hydrogen-bond donors (Lipinski definition) is 4. The van der Waals surface area contributed by atoms with Gasteiger partial charge in [0.15, 0.2) is 14.5 Å². The second-order valence-electron chi connectivity index (χ2n) is 12.8. The summed E-state index contributed by atoms with van der Waals surface area (Å²) in [5.41, 5.74) is 8.43. The molecule has 1 aromatic rings. The monoisotopic (exact) mass is 528 g/mol. The molecule has 10 nitrogen and oxygen atoms in total. The summed E-state index contributed by atoms with van der Waals surface area (Å²) in [7, 11) is -5.32. The van der Waals surface area contributed by atoms with Gasteiger partial charge in [-0.05, 0) is 29.2 Å². The van der Waals surface area contributed by atoms with Gasteiger partial charge in [0.2, 0.25) is 5.91 Å². The lowest BCUT2D eigenvalue weighted by Crippen LogP contribution is -2.74. The molecule has 1 amide bonds. The maximum Gasteiger partial charge on any atom is 0.351 e.